The molecule has 0 amide bonds. The van der Waals surface area contributed by atoms with E-state index in [2.05, 4.69) is 17.0 Å². The Morgan fingerprint density at radius 1 is 1.32 bits per heavy atom. The van der Waals surface area contributed by atoms with Crippen LogP contribution >= 0.6 is 0 Å². The molecule has 2 saturated heterocycles. The average molecular weight is 259 g/mol. The molecular weight excluding hydrogens is 238 g/mol. The number of fused-ring (bicyclic) bond motifs is 1. The number of aryl methyl sites for hydroxylation is 1. The number of carbonyl (C=O) groups excluding carboxylic acids is 1. The summed E-state index contributed by atoms with van der Waals surface area (Å²) in [6.45, 7) is 2.68. The maximum atomic E-state index is 12.2. The Balaban J connectivity index is 1.50. The third-order valence-electron chi connectivity index (χ3n) is 4.25. The Morgan fingerprint density at radius 3 is 3.00 bits per heavy atom. The fourth-order valence-electron chi connectivity index (χ4n) is 3.09. The Labute approximate surface area is 114 Å². The molecule has 2 heterocycles. The number of hydrogen-bond acceptors (Lipinski definition) is 3. The second kappa shape index (κ2) is 5.85. The Hall–Kier alpha value is -1.19. The second-order valence-electron chi connectivity index (χ2n) is 5.56. The van der Waals surface area contributed by atoms with E-state index in [0.29, 0.717) is 12.5 Å². The molecule has 0 aliphatic carbocycles. The maximum absolute atomic E-state index is 12.2. The minimum Gasteiger partial charge on any atom is -0.367 e. The Bertz CT molecular complexity index is 432. The molecule has 0 bridgehead atoms. The summed E-state index contributed by atoms with van der Waals surface area (Å²) < 4.78 is 5.75. The van der Waals surface area contributed by atoms with Gasteiger partial charge in [-0.2, -0.15) is 0 Å². The zero-order chi connectivity index (χ0) is 13.1. The van der Waals surface area contributed by atoms with Gasteiger partial charge in [0.15, 0.2) is 5.78 Å². The van der Waals surface area contributed by atoms with Crippen LogP contribution < -0.4 is 0 Å². The van der Waals surface area contributed by atoms with Crippen LogP contribution in [0, 0.1) is 0 Å². The average Bonchev–Trinajstić information content (AvgIpc) is 2.93. The maximum Gasteiger partial charge on any atom is 0.163 e. The third kappa shape index (κ3) is 3.04. The van der Waals surface area contributed by atoms with Gasteiger partial charge in [0.05, 0.1) is 6.61 Å². The van der Waals surface area contributed by atoms with Crippen LogP contribution in [0.5, 0.6) is 0 Å². The normalized spacial score (nSPS) is 27.2. The lowest BCUT2D eigenvalue weighted by molar-refractivity contribution is -0.138. The predicted octanol–water partition coefficient (Wildman–Crippen LogP) is 2.05. The van der Waals surface area contributed by atoms with E-state index in [0.717, 1.165) is 26.1 Å². The van der Waals surface area contributed by atoms with Crippen molar-refractivity contribution in [3.8, 4) is 0 Å². The minimum atomic E-state index is -0.196. The first kappa shape index (κ1) is 12.8. The standard InChI is InChI=1S/C16H21NO2/c18-15(9-8-13-5-2-1-3-6-13)16-11-17-10-4-7-14(17)12-19-16/h1-3,5-6,14,16H,4,7-12H2. The van der Waals surface area contributed by atoms with Gasteiger partial charge < -0.3 is 4.74 Å². The summed E-state index contributed by atoms with van der Waals surface area (Å²) in [4.78, 5) is 14.6. The molecular formula is C16H21NO2. The van der Waals surface area contributed by atoms with Crippen molar-refractivity contribution in [3.05, 3.63) is 35.9 Å². The lowest BCUT2D eigenvalue weighted by atomic mass is 10.0. The molecule has 19 heavy (non-hydrogen) atoms. The summed E-state index contributed by atoms with van der Waals surface area (Å²) in [5.41, 5.74) is 1.23. The lowest BCUT2D eigenvalue weighted by Crippen LogP contribution is -2.49. The molecule has 3 heteroatoms. The number of benzene rings is 1. The minimum absolute atomic E-state index is 0.196. The molecule has 0 N–H and O–H groups in total. The molecule has 102 valence electrons. The molecule has 1 aromatic carbocycles. The van der Waals surface area contributed by atoms with Crippen LogP contribution in [-0.4, -0.2) is 42.5 Å². The van der Waals surface area contributed by atoms with Crippen molar-refractivity contribution in [2.45, 2.75) is 37.8 Å². The summed E-state index contributed by atoms with van der Waals surface area (Å²) >= 11 is 0. The van der Waals surface area contributed by atoms with Gasteiger partial charge >= 0.3 is 0 Å². The van der Waals surface area contributed by atoms with Gasteiger partial charge in [0.2, 0.25) is 0 Å². The number of morpholine rings is 1. The zero-order valence-electron chi connectivity index (χ0n) is 11.3. The molecule has 0 spiro atoms. The highest BCUT2D eigenvalue weighted by Crippen LogP contribution is 2.23. The summed E-state index contributed by atoms with van der Waals surface area (Å²) in [5.74, 6) is 0.259. The van der Waals surface area contributed by atoms with E-state index in [-0.39, 0.29) is 11.9 Å². The smallest absolute Gasteiger partial charge is 0.163 e. The molecule has 2 atom stereocenters. The topological polar surface area (TPSA) is 29.5 Å². The number of Topliss-reactive ketones (excluding diaryl/α,β-unsaturated/α-hetero) is 1. The van der Waals surface area contributed by atoms with Gasteiger partial charge in [-0.15, -0.1) is 0 Å². The molecule has 2 aliphatic rings. The van der Waals surface area contributed by atoms with Crippen LogP contribution in [-0.2, 0) is 16.0 Å². The molecule has 2 unspecified atom stereocenters. The van der Waals surface area contributed by atoms with E-state index in [9.17, 15) is 4.79 Å². The van der Waals surface area contributed by atoms with Gasteiger partial charge in [0.1, 0.15) is 6.10 Å². The van der Waals surface area contributed by atoms with Gasteiger partial charge in [0, 0.05) is 19.0 Å². The van der Waals surface area contributed by atoms with Crippen molar-refractivity contribution < 1.29 is 9.53 Å². The van der Waals surface area contributed by atoms with Crippen LogP contribution in [0.1, 0.15) is 24.8 Å². The quantitative estimate of drug-likeness (QED) is 0.829. The van der Waals surface area contributed by atoms with E-state index in [1.807, 2.05) is 18.2 Å². The van der Waals surface area contributed by atoms with E-state index in [1.165, 1.54) is 18.4 Å². The van der Waals surface area contributed by atoms with Crippen LogP contribution in [0.2, 0.25) is 0 Å². The Kier molecular flexibility index (Phi) is 3.95. The highest BCUT2D eigenvalue weighted by atomic mass is 16.5. The van der Waals surface area contributed by atoms with Gasteiger partial charge in [0.25, 0.3) is 0 Å². The lowest BCUT2D eigenvalue weighted by Gasteiger charge is -2.34. The van der Waals surface area contributed by atoms with Crippen molar-refractivity contribution in [1.29, 1.82) is 0 Å². The molecule has 2 fully saturated rings. The molecule has 0 radical (unpaired) electrons. The van der Waals surface area contributed by atoms with Crippen LogP contribution in [0.3, 0.4) is 0 Å². The van der Waals surface area contributed by atoms with Crippen LogP contribution in [0.15, 0.2) is 30.3 Å². The van der Waals surface area contributed by atoms with E-state index < -0.39 is 0 Å². The number of nitrogens with zero attached hydrogens (tertiary/aromatic N) is 1. The van der Waals surface area contributed by atoms with Crippen molar-refractivity contribution >= 4 is 5.78 Å². The van der Waals surface area contributed by atoms with E-state index >= 15 is 0 Å². The van der Waals surface area contributed by atoms with Crippen LogP contribution in [0.4, 0.5) is 0 Å². The first-order valence-corrected chi connectivity index (χ1v) is 7.25. The summed E-state index contributed by atoms with van der Waals surface area (Å²) in [7, 11) is 0. The van der Waals surface area contributed by atoms with Crippen molar-refractivity contribution in [2.75, 3.05) is 19.7 Å². The predicted molar refractivity (Wildman–Crippen MR) is 74.1 cm³/mol. The van der Waals surface area contributed by atoms with Crippen LogP contribution in [0.25, 0.3) is 0 Å². The monoisotopic (exact) mass is 259 g/mol. The van der Waals surface area contributed by atoms with Gasteiger partial charge in [-0.05, 0) is 31.4 Å². The van der Waals surface area contributed by atoms with Gasteiger partial charge in [-0.1, -0.05) is 30.3 Å². The van der Waals surface area contributed by atoms with Crippen molar-refractivity contribution in [3.63, 3.8) is 0 Å². The molecule has 3 nitrogen and oxygen atoms in total. The highest BCUT2D eigenvalue weighted by molar-refractivity contribution is 5.83. The van der Waals surface area contributed by atoms with E-state index in [4.69, 9.17) is 4.74 Å². The SMILES string of the molecule is O=C(CCc1ccccc1)C1CN2CCCC2CO1. The third-order valence-corrected chi connectivity index (χ3v) is 4.25. The fraction of sp³-hybridized carbons (Fsp3) is 0.562. The van der Waals surface area contributed by atoms with E-state index in [1.54, 1.807) is 0 Å². The largest absolute Gasteiger partial charge is 0.367 e. The number of ether oxygens (including phenoxy) is 1. The Morgan fingerprint density at radius 2 is 2.16 bits per heavy atom. The highest BCUT2D eigenvalue weighted by Gasteiger charge is 2.34. The summed E-state index contributed by atoms with van der Waals surface area (Å²) in [6, 6.07) is 10.8. The first-order chi connectivity index (χ1) is 9.33. The molecule has 0 aromatic heterocycles. The number of ketones is 1. The van der Waals surface area contributed by atoms with Crippen molar-refractivity contribution in [2.24, 2.45) is 0 Å². The first-order valence-electron chi connectivity index (χ1n) is 7.25. The molecule has 2 aliphatic heterocycles. The van der Waals surface area contributed by atoms with Gasteiger partial charge in [-0.25, -0.2) is 0 Å². The number of rotatable bonds is 4. The molecule has 0 saturated carbocycles. The zero-order valence-corrected chi connectivity index (χ0v) is 11.3. The number of hydrogen-bond donors (Lipinski definition) is 0. The fourth-order valence-corrected chi connectivity index (χ4v) is 3.09. The molecule has 1 aromatic rings. The number of carbonyl (C=O) groups is 1. The summed E-state index contributed by atoms with van der Waals surface area (Å²) in [6.07, 6.45) is 3.69. The second-order valence-corrected chi connectivity index (χ2v) is 5.56. The molecule has 3 rings (SSSR count). The van der Waals surface area contributed by atoms with Gasteiger partial charge in [-0.3, -0.25) is 9.69 Å². The van der Waals surface area contributed by atoms with Crippen molar-refractivity contribution in [1.82, 2.24) is 4.90 Å². The summed E-state index contributed by atoms with van der Waals surface area (Å²) in [5, 5.41) is 0.